The van der Waals surface area contributed by atoms with Crippen LogP contribution in [0.15, 0.2) is 77.8 Å². The Labute approximate surface area is 133 Å². The number of nitrogens with zero attached hydrogens (tertiary/aromatic N) is 1. The minimum atomic E-state index is -0.930. The van der Waals surface area contributed by atoms with Crippen molar-refractivity contribution in [2.24, 2.45) is 4.99 Å². The molecule has 0 fully saturated rings. The van der Waals surface area contributed by atoms with Gasteiger partial charge in [0.2, 0.25) is 0 Å². The van der Waals surface area contributed by atoms with Crippen LogP contribution in [0.2, 0.25) is 0 Å². The van der Waals surface area contributed by atoms with Gasteiger partial charge in [-0.05, 0) is 35.4 Å². The molecule has 0 saturated heterocycles. The quantitative estimate of drug-likeness (QED) is 0.591. The van der Waals surface area contributed by atoms with Crippen molar-refractivity contribution in [2.75, 3.05) is 0 Å². The molecule has 0 aliphatic heterocycles. The minimum absolute atomic E-state index is 0.265. The number of carboxylic acids is 1. The summed E-state index contributed by atoms with van der Waals surface area (Å²) in [6.45, 7) is 0. The molecule has 0 unspecified atom stereocenters. The summed E-state index contributed by atoms with van der Waals surface area (Å²) in [5.74, 6) is -0.930. The van der Waals surface area contributed by atoms with E-state index in [1.54, 1.807) is 24.3 Å². The predicted octanol–water partition coefficient (Wildman–Crippen LogP) is 4.53. The van der Waals surface area contributed by atoms with Crippen LogP contribution in [0.1, 0.15) is 21.5 Å². The largest absolute Gasteiger partial charge is 0.478 e. The van der Waals surface area contributed by atoms with E-state index in [0.717, 1.165) is 22.5 Å². The number of fused-ring (bicyclic) bond motifs is 3. The summed E-state index contributed by atoms with van der Waals surface area (Å²) in [6, 6.07) is 23.0. The van der Waals surface area contributed by atoms with Crippen LogP contribution in [0.4, 0.5) is 5.69 Å². The molecule has 0 atom stereocenters. The highest BCUT2D eigenvalue weighted by Gasteiger charge is 2.23. The average Bonchev–Trinajstić information content (AvgIpc) is 2.90. The molecule has 0 spiro atoms. The van der Waals surface area contributed by atoms with Crippen LogP contribution in [-0.4, -0.2) is 16.8 Å². The van der Waals surface area contributed by atoms with E-state index in [0.29, 0.717) is 0 Å². The first kappa shape index (κ1) is 13.5. The van der Waals surface area contributed by atoms with Gasteiger partial charge in [-0.2, -0.15) is 0 Å². The maximum Gasteiger partial charge on any atom is 0.335 e. The molecule has 0 amide bonds. The van der Waals surface area contributed by atoms with Crippen LogP contribution in [-0.2, 0) is 0 Å². The van der Waals surface area contributed by atoms with Gasteiger partial charge in [0.25, 0.3) is 0 Å². The third kappa shape index (κ3) is 2.23. The zero-order chi connectivity index (χ0) is 15.8. The Kier molecular flexibility index (Phi) is 3.05. The smallest absolute Gasteiger partial charge is 0.335 e. The molecule has 0 radical (unpaired) electrons. The molecule has 1 N–H and O–H groups in total. The van der Waals surface area contributed by atoms with Gasteiger partial charge in [-0.3, -0.25) is 0 Å². The molecule has 0 aromatic heterocycles. The Morgan fingerprint density at radius 2 is 1.17 bits per heavy atom. The first-order valence-electron chi connectivity index (χ1n) is 7.35. The fourth-order valence-electron chi connectivity index (χ4n) is 2.92. The van der Waals surface area contributed by atoms with Crippen LogP contribution in [0.25, 0.3) is 11.1 Å². The maximum atomic E-state index is 10.9. The lowest BCUT2D eigenvalue weighted by Gasteiger charge is -2.02. The molecule has 0 bridgehead atoms. The summed E-state index contributed by atoms with van der Waals surface area (Å²) in [5, 5.41) is 8.98. The van der Waals surface area contributed by atoms with Gasteiger partial charge in [-0.25, -0.2) is 9.79 Å². The van der Waals surface area contributed by atoms with Crippen LogP contribution in [0, 0.1) is 0 Å². The second kappa shape index (κ2) is 5.21. The summed E-state index contributed by atoms with van der Waals surface area (Å²) >= 11 is 0. The highest BCUT2D eigenvalue weighted by atomic mass is 16.4. The molecule has 0 saturated carbocycles. The van der Waals surface area contributed by atoms with Crippen molar-refractivity contribution in [2.45, 2.75) is 0 Å². The number of hydrogen-bond acceptors (Lipinski definition) is 2. The van der Waals surface area contributed by atoms with Crippen molar-refractivity contribution in [3.8, 4) is 11.1 Å². The number of rotatable bonds is 2. The highest BCUT2D eigenvalue weighted by Crippen LogP contribution is 2.37. The van der Waals surface area contributed by atoms with E-state index in [4.69, 9.17) is 10.1 Å². The molecular weight excluding hydrogens is 286 g/mol. The van der Waals surface area contributed by atoms with Gasteiger partial charge in [0.15, 0.2) is 0 Å². The first-order chi connectivity index (χ1) is 11.2. The van der Waals surface area contributed by atoms with Gasteiger partial charge in [-0.15, -0.1) is 0 Å². The third-order valence-corrected chi connectivity index (χ3v) is 4.01. The number of carbonyl (C=O) groups is 1. The predicted molar refractivity (Wildman–Crippen MR) is 90.6 cm³/mol. The Morgan fingerprint density at radius 1 is 0.696 bits per heavy atom. The van der Waals surface area contributed by atoms with Crippen LogP contribution in [0.3, 0.4) is 0 Å². The molecule has 1 aliphatic carbocycles. The number of aliphatic imine (C=N–C) groups is 1. The van der Waals surface area contributed by atoms with Crippen LogP contribution >= 0.6 is 0 Å². The number of hydrogen-bond donors (Lipinski definition) is 1. The zero-order valence-corrected chi connectivity index (χ0v) is 12.2. The molecule has 110 valence electrons. The fourth-order valence-corrected chi connectivity index (χ4v) is 2.92. The minimum Gasteiger partial charge on any atom is -0.478 e. The Hall–Kier alpha value is -3.20. The monoisotopic (exact) mass is 299 g/mol. The molecule has 23 heavy (non-hydrogen) atoms. The number of benzene rings is 3. The van der Waals surface area contributed by atoms with Gasteiger partial charge in [0.1, 0.15) is 0 Å². The number of aromatic carboxylic acids is 1. The van der Waals surface area contributed by atoms with E-state index in [-0.39, 0.29) is 5.56 Å². The van der Waals surface area contributed by atoms with E-state index >= 15 is 0 Å². The molecule has 1 aliphatic rings. The molecule has 3 aromatic rings. The summed E-state index contributed by atoms with van der Waals surface area (Å²) in [7, 11) is 0. The van der Waals surface area contributed by atoms with E-state index in [9.17, 15) is 4.79 Å². The third-order valence-electron chi connectivity index (χ3n) is 4.01. The topological polar surface area (TPSA) is 49.7 Å². The Balaban J connectivity index is 1.86. The van der Waals surface area contributed by atoms with Gasteiger partial charge < -0.3 is 5.11 Å². The van der Waals surface area contributed by atoms with E-state index in [1.165, 1.54) is 11.1 Å². The summed E-state index contributed by atoms with van der Waals surface area (Å²) in [5.41, 5.74) is 6.52. The van der Waals surface area contributed by atoms with Crippen molar-refractivity contribution < 1.29 is 9.90 Å². The average molecular weight is 299 g/mol. The van der Waals surface area contributed by atoms with Gasteiger partial charge >= 0.3 is 5.97 Å². The van der Waals surface area contributed by atoms with Crippen molar-refractivity contribution in [3.63, 3.8) is 0 Å². The van der Waals surface area contributed by atoms with Crippen molar-refractivity contribution in [3.05, 3.63) is 89.5 Å². The molecule has 3 heteroatoms. The molecular formula is C20H13NO2. The normalized spacial score (nSPS) is 11.7. The summed E-state index contributed by atoms with van der Waals surface area (Å²) in [4.78, 5) is 15.7. The van der Waals surface area contributed by atoms with Crippen molar-refractivity contribution in [1.82, 2.24) is 0 Å². The second-order valence-corrected chi connectivity index (χ2v) is 5.40. The first-order valence-corrected chi connectivity index (χ1v) is 7.35. The molecule has 3 aromatic carbocycles. The van der Waals surface area contributed by atoms with E-state index < -0.39 is 5.97 Å². The van der Waals surface area contributed by atoms with Crippen molar-refractivity contribution in [1.29, 1.82) is 0 Å². The van der Waals surface area contributed by atoms with Gasteiger partial charge in [0.05, 0.1) is 17.0 Å². The fraction of sp³-hybridized carbons (Fsp3) is 0. The maximum absolute atomic E-state index is 10.9. The van der Waals surface area contributed by atoms with Gasteiger partial charge in [-0.1, -0.05) is 48.5 Å². The van der Waals surface area contributed by atoms with Crippen LogP contribution < -0.4 is 0 Å². The Morgan fingerprint density at radius 3 is 1.65 bits per heavy atom. The molecule has 3 nitrogen and oxygen atoms in total. The van der Waals surface area contributed by atoms with E-state index in [1.807, 2.05) is 24.3 Å². The standard InChI is InChI=1S/C20H13NO2/c22-20(23)13-9-11-14(12-10-13)21-19-17-7-3-1-5-15(17)16-6-2-4-8-18(16)19/h1-12H,(H,22,23). The highest BCUT2D eigenvalue weighted by molar-refractivity contribution is 6.25. The zero-order valence-electron chi connectivity index (χ0n) is 12.2. The summed E-state index contributed by atoms with van der Waals surface area (Å²) < 4.78 is 0. The second-order valence-electron chi connectivity index (χ2n) is 5.40. The van der Waals surface area contributed by atoms with Crippen LogP contribution in [0.5, 0.6) is 0 Å². The Bertz CT molecular complexity index is 892. The van der Waals surface area contributed by atoms with Crippen molar-refractivity contribution >= 4 is 17.4 Å². The SMILES string of the molecule is O=C(O)c1ccc(N=C2c3ccccc3-c3ccccc32)cc1. The van der Waals surface area contributed by atoms with Gasteiger partial charge in [0, 0.05) is 11.1 Å². The lowest BCUT2D eigenvalue weighted by Crippen LogP contribution is -1.98. The molecule has 0 heterocycles. The lowest BCUT2D eigenvalue weighted by molar-refractivity contribution is 0.0697. The lowest BCUT2D eigenvalue weighted by atomic mass is 10.1. The molecule has 4 rings (SSSR count). The number of carboxylic acid groups (broad SMARTS) is 1. The van der Waals surface area contributed by atoms with E-state index in [2.05, 4.69) is 24.3 Å². The summed E-state index contributed by atoms with van der Waals surface area (Å²) in [6.07, 6.45) is 0.